The highest BCUT2D eigenvalue weighted by Crippen LogP contribution is 1.94. The molecule has 0 nitrogen and oxygen atoms in total. The Morgan fingerprint density at radius 1 is 1.20 bits per heavy atom. The van der Waals surface area contributed by atoms with Gasteiger partial charge < -0.3 is 0 Å². The lowest BCUT2D eigenvalue weighted by Crippen LogP contribution is -1.80. The molecule has 0 aliphatic heterocycles. The molecule has 0 radical (unpaired) electrons. The fraction of sp³-hybridized carbons (Fsp3) is 0.400. The molecular formula is C10H10. The molecular weight excluding hydrogens is 120 g/mol. The molecule has 0 N–H and O–H groups in total. The maximum Gasteiger partial charge on any atom is 0.0122 e. The van der Waals surface area contributed by atoms with Crippen LogP contribution in [0.2, 0.25) is 0 Å². The van der Waals surface area contributed by atoms with Gasteiger partial charge in [0.2, 0.25) is 0 Å². The van der Waals surface area contributed by atoms with E-state index in [4.69, 9.17) is 6.42 Å². The molecule has 0 aromatic heterocycles. The molecule has 0 bridgehead atoms. The van der Waals surface area contributed by atoms with E-state index in [2.05, 4.69) is 43.4 Å². The van der Waals surface area contributed by atoms with Crippen molar-refractivity contribution in [1.82, 2.24) is 0 Å². The van der Waals surface area contributed by atoms with Gasteiger partial charge in [-0.3, -0.25) is 0 Å². The Morgan fingerprint density at radius 2 is 1.90 bits per heavy atom. The van der Waals surface area contributed by atoms with E-state index < -0.39 is 0 Å². The van der Waals surface area contributed by atoms with Crippen LogP contribution in [0.5, 0.6) is 0 Å². The van der Waals surface area contributed by atoms with Gasteiger partial charge in [0.05, 0.1) is 0 Å². The molecule has 0 atom stereocenters. The number of hydrogen-bond acceptors (Lipinski definition) is 0. The van der Waals surface area contributed by atoms with Crippen molar-refractivity contribution in [3.8, 4) is 36.0 Å². The minimum atomic E-state index is 0.611. The molecule has 0 aromatic rings. The van der Waals surface area contributed by atoms with Crippen molar-refractivity contribution in [1.29, 1.82) is 0 Å². The van der Waals surface area contributed by atoms with Crippen molar-refractivity contribution in [3.05, 3.63) is 0 Å². The summed E-state index contributed by atoms with van der Waals surface area (Å²) in [5.74, 6) is 13.3. The van der Waals surface area contributed by atoms with Crippen molar-refractivity contribution in [3.63, 3.8) is 0 Å². The van der Waals surface area contributed by atoms with Crippen LogP contribution >= 0.6 is 0 Å². The van der Waals surface area contributed by atoms with E-state index >= 15 is 0 Å². The summed E-state index contributed by atoms with van der Waals surface area (Å²) in [7, 11) is 0. The summed E-state index contributed by atoms with van der Waals surface area (Å²) in [5.41, 5.74) is 0. The Labute approximate surface area is 63.0 Å². The molecule has 0 amide bonds. The van der Waals surface area contributed by atoms with Gasteiger partial charge in [0, 0.05) is 6.42 Å². The SMILES string of the molecule is C#CC#CC#CCC(C)C. The monoisotopic (exact) mass is 130 g/mol. The number of terminal acetylenes is 1. The lowest BCUT2D eigenvalue weighted by molar-refractivity contribution is 0.676. The van der Waals surface area contributed by atoms with Crippen LogP contribution in [-0.2, 0) is 0 Å². The second-order valence-corrected chi connectivity index (χ2v) is 2.29. The molecule has 0 fully saturated rings. The highest BCUT2D eigenvalue weighted by molar-refractivity contribution is 5.33. The van der Waals surface area contributed by atoms with Crippen LogP contribution < -0.4 is 0 Å². The van der Waals surface area contributed by atoms with E-state index in [9.17, 15) is 0 Å². The van der Waals surface area contributed by atoms with E-state index in [1.165, 1.54) is 0 Å². The fourth-order valence-corrected chi connectivity index (χ4v) is 0.367. The third-order valence-corrected chi connectivity index (χ3v) is 0.796. The average molecular weight is 130 g/mol. The van der Waals surface area contributed by atoms with E-state index in [1.54, 1.807) is 0 Å². The summed E-state index contributed by atoms with van der Waals surface area (Å²) in [5, 5.41) is 0. The van der Waals surface area contributed by atoms with Gasteiger partial charge in [0.25, 0.3) is 0 Å². The molecule has 0 unspecified atom stereocenters. The van der Waals surface area contributed by atoms with Crippen molar-refractivity contribution in [2.45, 2.75) is 20.3 Å². The maximum absolute atomic E-state index is 4.88. The van der Waals surface area contributed by atoms with Gasteiger partial charge in [-0.2, -0.15) is 0 Å². The van der Waals surface area contributed by atoms with Crippen LogP contribution in [0.3, 0.4) is 0 Å². The first kappa shape index (κ1) is 8.68. The summed E-state index contributed by atoms with van der Waals surface area (Å²) in [4.78, 5) is 0. The predicted molar refractivity (Wildman–Crippen MR) is 43.8 cm³/mol. The van der Waals surface area contributed by atoms with Gasteiger partial charge >= 0.3 is 0 Å². The fourth-order valence-electron chi connectivity index (χ4n) is 0.367. The molecule has 0 aromatic carbocycles. The highest BCUT2D eigenvalue weighted by atomic mass is 13.9. The molecule has 0 heterocycles. The third-order valence-electron chi connectivity index (χ3n) is 0.796. The molecule has 0 saturated carbocycles. The van der Waals surface area contributed by atoms with Crippen LogP contribution in [0, 0.1) is 41.9 Å². The van der Waals surface area contributed by atoms with Gasteiger partial charge in [-0.15, -0.1) is 6.42 Å². The largest absolute Gasteiger partial charge is 0.106 e. The zero-order chi connectivity index (χ0) is 7.82. The van der Waals surface area contributed by atoms with Crippen molar-refractivity contribution < 1.29 is 0 Å². The molecule has 0 rings (SSSR count). The van der Waals surface area contributed by atoms with Gasteiger partial charge in [-0.1, -0.05) is 19.8 Å². The Morgan fingerprint density at radius 3 is 2.40 bits per heavy atom. The molecule has 10 heavy (non-hydrogen) atoms. The first-order valence-corrected chi connectivity index (χ1v) is 3.21. The first-order valence-electron chi connectivity index (χ1n) is 3.21. The smallest absolute Gasteiger partial charge is 0.0122 e. The lowest BCUT2D eigenvalue weighted by atomic mass is 10.1. The summed E-state index contributed by atoms with van der Waals surface area (Å²) in [6.07, 6.45) is 5.77. The van der Waals surface area contributed by atoms with Crippen LogP contribution in [-0.4, -0.2) is 0 Å². The topological polar surface area (TPSA) is 0 Å². The maximum atomic E-state index is 4.88. The van der Waals surface area contributed by atoms with Crippen molar-refractivity contribution in [2.75, 3.05) is 0 Å². The lowest BCUT2D eigenvalue weighted by Gasteiger charge is -1.90. The minimum Gasteiger partial charge on any atom is -0.106 e. The average Bonchev–Trinajstić information content (AvgIpc) is 1.87. The second kappa shape index (κ2) is 5.81. The summed E-state index contributed by atoms with van der Waals surface area (Å²) in [6.45, 7) is 4.23. The molecule has 0 spiro atoms. The zero-order valence-electron chi connectivity index (χ0n) is 6.36. The Balaban J connectivity index is 3.63. The van der Waals surface area contributed by atoms with Crippen LogP contribution in [0.25, 0.3) is 0 Å². The summed E-state index contributed by atoms with van der Waals surface area (Å²) < 4.78 is 0. The molecule has 0 saturated heterocycles. The van der Waals surface area contributed by atoms with Gasteiger partial charge in [-0.05, 0) is 29.6 Å². The predicted octanol–water partition coefficient (Wildman–Crippen LogP) is 1.67. The first-order chi connectivity index (χ1) is 4.77. The minimum absolute atomic E-state index is 0.611. The van der Waals surface area contributed by atoms with Crippen LogP contribution in [0.15, 0.2) is 0 Å². The number of rotatable bonds is 1. The summed E-state index contributed by atoms with van der Waals surface area (Å²) >= 11 is 0. The van der Waals surface area contributed by atoms with Gasteiger partial charge in [0.1, 0.15) is 0 Å². The quantitative estimate of drug-likeness (QED) is 0.474. The van der Waals surface area contributed by atoms with E-state index in [0.717, 1.165) is 6.42 Å². The van der Waals surface area contributed by atoms with Crippen LogP contribution in [0.1, 0.15) is 20.3 Å². The summed E-state index contributed by atoms with van der Waals surface area (Å²) in [6, 6.07) is 0. The van der Waals surface area contributed by atoms with E-state index in [-0.39, 0.29) is 0 Å². The molecule has 50 valence electrons. The van der Waals surface area contributed by atoms with E-state index in [0.29, 0.717) is 5.92 Å². The Bertz CT molecular complexity index is 229. The highest BCUT2D eigenvalue weighted by Gasteiger charge is 1.84. The molecule has 0 aliphatic rings. The Kier molecular flexibility index (Phi) is 5.04. The van der Waals surface area contributed by atoms with Gasteiger partial charge in [-0.25, -0.2) is 0 Å². The number of hydrogen-bond donors (Lipinski definition) is 0. The molecule has 0 heteroatoms. The molecule has 0 aliphatic carbocycles. The third kappa shape index (κ3) is 6.68. The normalized spacial score (nSPS) is 6.60. The standard InChI is InChI=1S/C10H10/c1-4-5-6-7-8-9-10(2)3/h1,10H,9H2,2-3H3. The van der Waals surface area contributed by atoms with Gasteiger partial charge in [0.15, 0.2) is 0 Å². The second-order valence-electron chi connectivity index (χ2n) is 2.29. The van der Waals surface area contributed by atoms with Crippen LogP contribution in [0.4, 0.5) is 0 Å². The van der Waals surface area contributed by atoms with E-state index in [1.807, 2.05) is 0 Å². The van der Waals surface area contributed by atoms with Crippen molar-refractivity contribution >= 4 is 0 Å². The zero-order valence-corrected chi connectivity index (χ0v) is 6.36. The Hall–Kier alpha value is -1.32. The van der Waals surface area contributed by atoms with Crippen molar-refractivity contribution in [2.24, 2.45) is 5.92 Å².